The maximum Gasteiger partial charge on any atom is 0.0610 e. The summed E-state index contributed by atoms with van der Waals surface area (Å²) in [5.41, 5.74) is 0.441. The molecule has 2 N–H and O–H groups in total. The second kappa shape index (κ2) is 6.17. The molecule has 0 radical (unpaired) electrons. The van der Waals surface area contributed by atoms with Crippen molar-refractivity contribution in [2.45, 2.75) is 52.0 Å². The van der Waals surface area contributed by atoms with Crippen LogP contribution in [0, 0.1) is 5.41 Å². The monoisotopic (exact) mass is 242 g/mol. The number of likely N-dealkylation sites (tertiary alicyclic amines) is 1. The largest absolute Gasteiger partial charge is 0.394 e. The van der Waals surface area contributed by atoms with Crippen molar-refractivity contribution in [3.63, 3.8) is 0 Å². The molecule has 0 aromatic heterocycles. The molecule has 0 aromatic carbocycles. The van der Waals surface area contributed by atoms with Gasteiger partial charge in [-0.2, -0.15) is 0 Å². The van der Waals surface area contributed by atoms with Crippen molar-refractivity contribution in [3.05, 3.63) is 0 Å². The second-order valence-corrected chi connectivity index (χ2v) is 6.58. The van der Waals surface area contributed by atoms with Crippen LogP contribution < -0.4 is 5.32 Å². The Labute approximate surface area is 107 Å². The predicted octanol–water partition coefficient (Wildman–Crippen LogP) is 1.86. The first-order valence-corrected chi connectivity index (χ1v) is 6.93. The highest BCUT2D eigenvalue weighted by Gasteiger charge is 2.26. The average Bonchev–Trinajstić information content (AvgIpc) is 2.31. The van der Waals surface area contributed by atoms with E-state index < -0.39 is 0 Å². The van der Waals surface area contributed by atoms with E-state index in [4.69, 9.17) is 0 Å². The van der Waals surface area contributed by atoms with E-state index in [0.717, 1.165) is 6.42 Å². The van der Waals surface area contributed by atoms with E-state index in [2.05, 4.69) is 31.0 Å². The van der Waals surface area contributed by atoms with Crippen LogP contribution in [0.2, 0.25) is 0 Å². The molecule has 1 aliphatic heterocycles. The van der Waals surface area contributed by atoms with Crippen molar-refractivity contribution >= 4 is 0 Å². The molecule has 3 nitrogen and oxygen atoms in total. The molecule has 1 unspecified atom stereocenters. The molecular weight excluding hydrogens is 212 g/mol. The maximum atomic E-state index is 9.31. The fraction of sp³-hybridized carbons (Fsp3) is 1.00. The van der Waals surface area contributed by atoms with Crippen LogP contribution in [-0.2, 0) is 0 Å². The Balaban J connectivity index is 2.20. The van der Waals surface area contributed by atoms with Gasteiger partial charge in [0, 0.05) is 5.54 Å². The molecule has 0 bridgehead atoms. The van der Waals surface area contributed by atoms with Crippen molar-refractivity contribution in [1.29, 1.82) is 0 Å². The minimum atomic E-state index is -0.102. The summed E-state index contributed by atoms with van der Waals surface area (Å²) in [5, 5.41) is 12.5. The van der Waals surface area contributed by atoms with Gasteiger partial charge < -0.3 is 15.3 Å². The summed E-state index contributed by atoms with van der Waals surface area (Å²) >= 11 is 0. The molecule has 0 aliphatic carbocycles. The SMILES string of the molecule is CNC(C)(CO)CCCN1CCC(C)(C)CC1. The predicted molar refractivity (Wildman–Crippen MR) is 73.2 cm³/mol. The first-order valence-electron chi connectivity index (χ1n) is 6.93. The minimum Gasteiger partial charge on any atom is -0.394 e. The summed E-state index contributed by atoms with van der Waals surface area (Å²) in [6.45, 7) is 10.7. The Morgan fingerprint density at radius 3 is 2.35 bits per heavy atom. The number of aliphatic hydroxyl groups excluding tert-OH is 1. The number of nitrogens with zero attached hydrogens (tertiary/aromatic N) is 1. The lowest BCUT2D eigenvalue weighted by atomic mass is 9.82. The molecule has 0 saturated carbocycles. The molecule has 1 aliphatic rings. The molecule has 0 spiro atoms. The Hall–Kier alpha value is -0.120. The summed E-state index contributed by atoms with van der Waals surface area (Å²) in [6, 6.07) is 0. The standard InChI is InChI=1S/C14H30N2O/c1-13(2)7-10-16(11-8-13)9-5-6-14(3,12-17)15-4/h15,17H,5-12H2,1-4H3. The second-order valence-electron chi connectivity index (χ2n) is 6.58. The normalized spacial score (nSPS) is 24.5. The Morgan fingerprint density at radius 1 is 1.29 bits per heavy atom. The van der Waals surface area contributed by atoms with E-state index in [-0.39, 0.29) is 12.1 Å². The highest BCUT2D eigenvalue weighted by Crippen LogP contribution is 2.29. The fourth-order valence-electron chi connectivity index (χ4n) is 2.36. The topological polar surface area (TPSA) is 35.5 Å². The summed E-state index contributed by atoms with van der Waals surface area (Å²) in [5.74, 6) is 0. The van der Waals surface area contributed by atoms with Gasteiger partial charge in [-0.3, -0.25) is 0 Å². The van der Waals surface area contributed by atoms with E-state index in [9.17, 15) is 5.11 Å². The lowest BCUT2D eigenvalue weighted by Crippen LogP contribution is -2.44. The number of likely N-dealkylation sites (N-methyl/N-ethyl adjacent to an activating group) is 1. The number of nitrogens with one attached hydrogen (secondary N) is 1. The van der Waals surface area contributed by atoms with Crippen molar-refractivity contribution < 1.29 is 5.11 Å². The van der Waals surface area contributed by atoms with Gasteiger partial charge in [-0.1, -0.05) is 13.8 Å². The molecule has 1 rings (SSSR count). The van der Waals surface area contributed by atoms with E-state index in [1.54, 1.807) is 0 Å². The van der Waals surface area contributed by atoms with Gasteiger partial charge in [0.2, 0.25) is 0 Å². The number of hydrogen-bond donors (Lipinski definition) is 2. The number of hydrogen-bond acceptors (Lipinski definition) is 3. The van der Waals surface area contributed by atoms with Crippen LogP contribution in [0.5, 0.6) is 0 Å². The van der Waals surface area contributed by atoms with Crippen LogP contribution in [-0.4, -0.2) is 48.8 Å². The lowest BCUT2D eigenvalue weighted by Gasteiger charge is -2.37. The van der Waals surface area contributed by atoms with E-state index in [1.165, 1.54) is 38.9 Å². The van der Waals surface area contributed by atoms with Gasteiger partial charge in [-0.15, -0.1) is 0 Å². The lowest BCUT2D eigenvalue weighted by molar-refractivity contribution is 0.121. The zero-order chi connectivity index (χ0) is 12.9. The summed E-state index contributed by atoms with van der Waals surface area (Å²) in [7, 11) is 1.93. The number of piperidine rings is 1. The highest BCUT2D eigenvalue weighted by molar-refractivity contribution is 4.82. The smallest absolute Gasteiger partial charge is 0.0610 e. The van der Waals surface area contributed by atoms with Crippen LogP contribution in [0.15, 0.2) is 0 Å². The van der Waals surface area contributed by atoms with Gasteiger partial charge in [0.15, 0.2) is 0 Å². The first kappa shape index (κ1) is 14.9. The zero-order valence-corrected chi connectivity index (χ0v) is 12.1. The molecule has 17 heavy (non-hydrogen) atoms. The molecule has 1 atom stereocenters. The summed E-state index contributed by atoms with van der Waals surface area (Å²) in [4.78, 5) is 2.57. The third kappa shape index (κ3) is 4.94. The van der Waals surface area contributed by atoms with Gasteiger partial charge in [0.05, 0.1) is 6.61 Å². The van der Waals surface area contributed by atoms with Gasteiger partial charge in [0.25, 0.3) is 0 Å². The third-order valence-corrected chi connectivity index (χ3v) is 4.37. The quantitative estimate of drug-likeness (QED) is 0.746. The fourth-order valence-corrected chi connectivity index (χ4v) is 2.36. The maximum absolute atomic E-state index is 9.31. The first-order chi connectivity index (χ1) is 7.91. The van der Waals surface area contributed by atoms with Crippen LogP contribution in [0.25, 0.3) is 0 Å². The Morgan fingerprint density at radius 2 is 1.88 bits per heavy atom. The highest BCUT2D eigenvalue weighted by atomic mass is 16.3. The minimum absolute atomic E-state index is 0.102. The molecule has 1 fully saturated rings. The van der Waals surface area contributed by atoms with E-state index in [0.29, 0.717) is 5.41 Å². The molecule has 0 aromatic rings. The Kier molecular flexibility index (Phi) is 5.42. The van der Waals surface area contributed by atoms with Gasteiger partial charge in [-0.05, 0) is 64.7 Å². The molecular formula is C14H30N2O. The molecule has 102 valence electrons. The van der Waals surface area contributed by atoms with Crippen LogP contribution in [0.4, 0.5) is 0 Å². The third-order valence-electron chi connectivity index (χ3n) is 4.37. The molecule has 1 saturated heterocycles. The summed E-state index contributed by atoms with van der Waals surface area (Å²) in [6.07, 6.45) is 4.84. The average molecular weight is 242 g/mol. The zero-order valence-electron chi connectivity index (χ0n) is 12.1. The van der Waals surface area contributed by atoms with Gasteiger partial charge in [0.1, 0.15) is 0 Å². The van der Waals surface area contributed by atoms with Gasteiger partial charge in [-0.25, -0.2) is 0 Å². The van der Waals surface area contributed by atoms with E-state index >= 15 is 0 Å². The molecule has 3 heteroatoms. The van der Waals surface area contributed by atoms with E-state index in [1.807, 2.05) is 7.05 Å². The van der Waals surface area contributed by atoms with Crippen LogP contribution in [0.1, 0.15) is 46.5 Å². The Bertz CT molecular complexity index is 214. The van der Waals surface area contributed by atoms with Gasteiger partial charge >= 0.3 is 0 Å². The number of aliphatic hydroxyl groups is 1. The summed E-state index contributed by atoms with van der Waals surface area (Å²) < 4.78 is 0. The van der Waals surface area contributed by atoms with Crippen molar-refractivity contribution in [2.75, 3.05) is 33.3 Å². The molecule has 1 heterocycles. The van der Waals surface area contributed by atoms with Crippen LogP contribution >= 0.6 is 0 Å². The number of rotatable bonds is 6. The molecule has 0 amide bonds. The van der Waals surface area contributed by atoms with Crippen molar-refractivity contribution in [2.24, 2.45) is 5.41 Å². The van der Waals surface area contributed by atoms with Crippen molar-refractivity contribution in [3.8, 4) is 0 Å². The van der Waals surface area contributed by atoms with Crippen molar-refractivity contribution in [1.82, 2.24) is 10.2 Å². The van der Waals surface area contributed by atoms with Crippen LogP contribution in [0.3, 0.4) is 0 Å².